The molecule has 1 aromatic rings. The van der Waals surface area contributed by atoms with Gasteiger partial charge in [0.1, 0.15) is 0 Å². The molecule has 2 saturated heterocycles. The smallest absolute Gasteiger partial charge is 0.0733 e. The molecule has 2 fully saturated rings. The molecular weight excluding hydrogens is 218 g/mol. The third kappa shape index (κ3) is 1.92. The summed E-state index contributed by atoms with van der Waals surface area (Å²) in [7, 11) is 0. The van der Waals surface area contributed by atoms with Crippen molar-refractivity contribution in [2.24, 2.45) is 0 Å². The fourth-order valence-corrected chi connectivity index (χ4v) is 3.79. The number of hydrogen-bond donors (Lipinski definition) is 1. The number of hydrogen-bond acceptors (Lipinski definition) is 3. The van der Waals surface area contributed by atoms with Gasteiger partial charge in [-0.15, -0.1) is 11.3 Å². The van der Waals surface area contributed by atoms with Crippen molar-refractivity contribution in [3.8, 4) is 0 Å². The van der Waals surface area contributed by atoms with Crippen molar-refractivity contribution >= 4 is 11.3 Å². The van der Waals surface area contributed by atoms with E-state index in [4.69, 9.17) is 4.74 Å². The Balaban J connectivity index is 1.62. The van der Waals surface area contributed by atoms with E-state index in [1.165, 1.54) is 29.0 Å². The lowest BCUT2D eigenvalue weighted by Gasteiger charge is -2.24. The van der Waals surface area contributed by atoms with Crippen molar-refractivity contribution in [2.75, 3.05) is 0 Å². The second-order valence-corrected chi connectivity index (χ2v) is 6.37. The summed E-state index contributed by atoms with van der Waals surface area (Å²) in [6.07, 6.45) is 4.75. The van der Waals surface area contributed by atoms with Crippen LogP contribution in [0.2, 0.25) is 0 Å². The summed E-state index contributed by atoms with van der Waals surface area (Å²) in [6.45, 7) is 4.43. The van der Waals surface area contributed by atoms with Gasteiger partial charge in [-0.25, -0.2) is 0 Å². The van der Waals surface area contributed by atoms with Crippen molar-refractivity contribution in [2.45, 2.75) is 57.4 Å². The van der Waals surface area contributed by atoms with Gasteiger partial charge in [0.2, 0.25) is 0 Å². The summed E-state index contributed by atoms with van der Waals surface area (Å²) in [4.78, 5) is 2.84. The highest BCUT2D eigenvalue weighted by molar-refractivity contribution is 7.12. The van der Waals surface area contributed by atoms with E-state index in [1.807, 2.05) is 11.3 Å². The Bertz CT molecular complexity index is 376. The molecule has 3 heteroatoms. The van der Waals surface area contributed by atoms with Crippen molar-refractivity contribution in [1.82, 2.24) is 5.32 Å². The van der Waals surface area contributed by atoms with Gasteiger partial charge in [0.25, 0.3) is 0 Å². The first-order chi connectivity index (χ1) is 7.72. The summed E-state index contributed by atoms with van der Waals surface area (Å²) in [5.41, 5.74) is 0. The van der Waals surface area contributed by atoms with Gasteiger partial charge in [-0.2, -0.15) is 0 Å². The molecule has 3 heterocycles. The molecule has 4 atom stereocenters. The predicted octanol–water partition coefficient (Wildman–Crippen LogP) is 3.03. The largest absolute Gasteiger partial charge is 0.373 e. The van der Waals surface area contributed by atoms with Gasteiger partial charge in [-0.1, -0.05) is 0 Å². The molecule has 0 aromatic carbocycles. The van der Waals surface area contributed by atoms with Gasteiger partial charge in [0.05, 0.1) is 12.2 Å². The zero-order valence-corrected chi connectivity index (χ0v) is 10.7. The number of rotatable bonds is 3. The van der Waals surface area contributed by atoms with E-state index in [2.05, 4.69) is 31.3 Å². The van der Waals surface area contributed by atoms with Crippen LogP contribution in [0, 0.1) is 6.92 Å². The zero-order chi connectivity index (χ0) is 11.1. The molecule has 2 bridgehead atoms. The van der Waals surface area contributed by atoms with Gasteiger partial charge in [0, 0.05) is 21.8 Å². The van der Waals surface area contributed by atoms with E-state index in [0.717, 1.165) is 0 Å². The van der Waals surface area contributed by atoms with Gasteiger partial charge >= 0.3 is 0 Å². The third-order valence-corrected chi connectivity index (χ3v) is 4.94. The minimum absolute atomic E-state index is 0.464. The molecule has 0 aliphatic carbocycles. The maximum Gasteiger partial charge on any atom is 0.0733 e. The molecule has 3 rings (SSSR count). The van der Waals surface area contributed by atoms with Gasteiger partial charge in [-0.05, 0) is 45.2 Å². The fraction of sp³-hybridized carbons (Fsp3) is 0.692. The van der Waals surface area contributed by atoms with Crippen LogP contribution in [0.25, 0.3) is 0 Å². The normalized spacial score (nSPS) is 34.5. The van der Waals surface area contributed by atoms with E-state index in [-0.39, 0.29) is 0 Å². The van der Waals surface area contributed by atoms with Crippen LogP contribution >= 0.6 is 11.3 Å². The highest BCUT2D eigenvalue weighted by atomic mass is 32.1. The van der Waals surface area contributed by atoms with Crippen LogP contribution in [-0.2, 0) is 4.74 Å². The Kier molecular flexibility index (Phi) is 2.78. The summed E-state index contributed by atoms with van der Waals surface area (Å²) in [6, 6.07) is 5.49. The lowest BCUT2D eigenvalue weighted by atomic mass is 9.95. The topological polar surface area (TPSA) is 21.3 Å². The van der Waals surface area contributed by atoms with Crippen LogP contribution in [0.3, 0.4) is 0 Å². The molecule has 2 nitrogen and oxygen atoms in total. The minimum atomic E-state index is 0.464. The maximum atomic E-state index is 5.87. The summed E-state index contributed by atoms with van der Waals surface area (Å²) in [5, 5.41) is 3.73. The molecular formula is C13H19NOS. The van der Waals surface area contributed by atoms with Gasteiger partial charge < -0.3 is 10.1 Å². The Morgan fingerprint density at radius 1 is 1.44 bits per heavy atom. The second-order valence-electron chi connectivity index (χ2n) is 5.05. The number of thiophene rings is 1. The summed E-state index contributed by atoms with van der Waals surface area (Å²) in [5.74, 6) is 0. The Morgan fingerprint density at radius 2 is 2.31 bits per heavy atom. The van der Waals surface area contributed by atoms with Crippen molar-refractivity contribution in [1.29, 1.82) is 0 Å². The first kappa shape index (κ1) is 10.8. The zero-order valence-electron chi connectivity index (χ0n) is 9.90. The molecule has 0 amide bonds. The lowest BCUT2D eigenvalue weighted by Crippen LogP contribution is -2.38. The Labute approximate surface area is 101 Å². The molecule has 2 aliphatic heterocycles. The Morgan fingerprint density at radius 3 is 2.88 bits per heavy atom. The lowest BCUT2D eigenvalue weighted by molar-refractivity contribution is 0.0963. The SMILES string of the molecule is Cc1ccc(C(C)NC2CC3CCC2O3)s1. The van der Waals surface area contributed by atoms with Crippen LogP contribution in [0.15, 0.2) is 12.1 Å². The summed E-state index contributed by atoms with van der Waals surface area (Å²) < 4.78 is 5.87. The number of aryl methyl sites for hydroxylation is 1. The first-order valence-corrected chi connectivity index (χ1v) is 7.02. The van der Waals surface area contributed by atoms with Crippen molar-refractivity contribution in [3.05, 3.63) is 21.9 Å². The quantitative estimate of drug-likeness (QED) is 0.872. The molecule has 4 unspecified atom stereocenters. The van der Waals surface area contributed by atoms with Gasteiger partial charge in [-0.3, -0.25) is 0 Å². The van der Waals surface area contributed by atoms with Crippen LogP contribution in [0.1, 0.15) is 42.0 Å². The Hall–Kier alpha value is -0.380. The minimum Gasteiger partial charge on any atom is -0.373 e. The molecule has 16 heavy (non-hydrogen) atoms. The monoisotopic (exact) mass is 237 g/mol. The van der Waals surface area contributed by atoms with Crippen LogP contribution < -0.4 is 5.32 Å². The first-order valence-electron chi connectivity index (χ1n) is 6.20. The van der Waals surface area contributed by atoms with Crippen LogP contribution in [0.4, 0.5) is 0 Å². The molecule has 1 N–H and O–H groups in total. The van der Waals surface area contributed by atoms with E-state index in [9.17, 15) is 0 Å². The van der Waals surface area contributed by atoms with Gasteiger partial charge in [0.15, 0.2) is 0 Å². The van der Waals surface area contributed by atoms with E-state index in [1.54, 1.807) is 0 Å². The number of ether oxygens (including phenoxy) is 1. The molecule has 1 aromatic heterocycles. The van der Waals surface area contributed by atoms with E-state index in [0.29, 0.717) is 24.3 Å². The third-order valence-electron chi connectivity index (χ3n) is 3.76. The average molecular weight is 237 g/mol. The summed E-state index contributed by atoms with van der Waals surface area (Å²) >= 11 is 1.90. The van der Waals surface area contributed by atoms with E-state index < -0.39 is 0 Å². The second kappa shape index (κ2) is 4.13. The highest BCUT2D eigenvalue weighted by Gasteiger charge is 2.41. The molecule has 0 radical (unpaired) electrons. The molecule has 88 valence electrons. The average Bonchev–Trinajstić information content (AvgIpc) is 2.92. The fourth-order valence-electron chi connectivity index (χ4n) is 2.90. The van der Waals surface area contributed by atoms with Crippen molar-refractivity contribution < 1.29 is 4.74 Å². The van der Waals surface area contributed by atoms with Crippen LogP contribution in [-0.4, -0.2) is 18.2 Å². The highest BCUT2D eigenvalue weighted by Crippen LogP contribution is 2.35. The van der Waals surface area contributed by atoms with E-state index >= 15 is 0 Å². The predicted molar refractivity (Wildman–Crippen MR) is 66.9 cm³/mol. The standard InChI is InChI=1S/C13H19NOS/c1-8-3-6-13(16-8)9(2)14-11-7-10-4-5-12(11)15-10/h3,6,9-12,14H,4-5,7H2,1-2H3. The molecule has 0 saturated carbocycles. The van der Waals surface area contributed by atoms with Crippen LogP contribution in [0.5, 0.6) is 0 Å². The van der Waals surface area contributed by atoms with Crippen molar-refractivity contribution in [3.63, 3.8) is 0 Å². The number of nitrogens with one attached hydrogen (secondary N) is 1. The maximum absolute atomic E-state index is 5.87. The molecule has 2 aliphatic rings. The molecule has 0 spiro atoms. The number of fused-ring (bicyclic) bond motifs is 2.